The van der Waals surface area contributed by atoms with Crippen LogP contribution in [0.4, 0.5) is 0 Å². The van der Waals surface area contributed by atoms with Crippen molar-refractivity contribution in [2.45, 2.75) is 44.2 Å². The first-order chi connectivity index (χ1) is 20.8. The number of carboxylic acid groups (broad SMARTS) is 1. The minimum absolute atomic E-state index is 0.0533. The summed E-state index contributed by atoms with van der Waals surface area (Å²) in [5.74, 6) is -1.67. The molecule has 8 nitrogen and oxygen atoms in total. The van der Waals surface area contributed by atoms with E-state index >= 15 is 0 Å². The number of carbonyl (C=O) groups is 3. The lowest BCUT2D eigenvalue weighted by Gasteiger charge is -2.23. The summed E-state index contributed by atoms with van der Waals surface area (Å²) in [5, 5.41) is 24.6. The Bertz CT molecular complexity index is 1490. The third-order valence-corrected chi connectivity index (χ3v) is 7.30. The van der Waals surface area contributed by atoms with Crippen molar-refractivity contribution in [2.75, 3.05) is 6.54 Å². The summed E-state index contributed by atoms with van der Waals surface area (Å²) in [7, 11) is 0. The monoisotopic (exact) mass is 579 g/mol. The topological polar surface area (TPSA) is 142 Å². The van der Waals surface area contributed by atoms with Crippen molar-refractivity contribution < 1.29 is 24.6 Å². The molecule has 0 saturated heterocycles. The van der Waals surface area contributed by atoms with E-state index in [9.17, 15) is 19.5 Å². The second-order valence-corrected chi connectivity index (χ2v) is 10.6. The van der Waals surface area contributed by atoms with Gasteiger partial charge in [0, 0.05) is 25.4 Å². The van der Waals surface area contributed by atoms with Crippen LogP contribution in [0, 0.1) is 0 Å². The third-order valence-electron chi connectivity index (χ3n) is 7.30. The molecule has 0 radical (unpaired) electrons. The van der Waals surface area contributed by atoms with Crippen LogP contribution >= 0.6 is 0 Å². The van der Waals surface area contributed by atoms with Crippen LogP contribution in [0.25, 0.3) is 22.3 Å². The number of nitrogens with two attached hydrogens (primary N) is 1. The van der Waals surface area contributed by atoms with Gasteiger partial charge in [0.2, 0.25) is 11.8 Å². The van der Waals surface area contributed by atoms with E-state index in [2.05, 4.69) is 59.2 Å². The Morgan fingerprint density at radius 2 is 1.23 bits per heavy atom. The number of phenolic OH excluding ortho intramolecular Hbond substituents is 1. The fourth-order valence-corrected chi connectivity index (χ4v) is 4.90. The van der Waals surface area contributed by atoms with Gasteiger partial charge in [-0.25, -0.2) is 0 Å². The van der Waals surface area contributed by atoms with Crippen molar-refractivity contribution in [3.05, 3.63) is 114 Å². The van der Waals surface area contributed by atoms with Crippen LogP contribution in [0.15, 0.2) is 103 Å². The molecule has 0 saturated carbocycles. The maximum Gasteiger partial charge on any atom is 0.303 e. The first-order valence-electron chi connectivity index (χ1n) is 14.3. The number of aromatic hydroxyl groups is 1. The van der Waals surface area contributed by atoms with Gasteiger partial charge < -0.3 is 26.6 Å². The van der Waals surface area contributed by atoms with Gasteiger partial charge in [-0.15, -0.1) is 0 Å². The second-order valence-electron chi connectivity index (χ2n) is 10.6. The van der Waals surface area contributed by atoms with Crippen molar-refractivity contribution in [3.8, 4) is 28.0 Å². The summed E-state index contributed by atoms with van der Waals surface area (Å²) in [5.41, 5.74) is 11.9. The Morgan fingerprint density at radius 1 is 0.698 bits per heavy atom. The Kier molecular flexibility index (Phi) is 11.0. The number of rotatable bonds is 15. The van der Waals surface area contributed by atoms with E-state index in [1.54, 1.807) is 24.3 Å². The summed E-state index contributed by atoms with van der Waals surface area (Å²) in [6.07, 6.45) is 1.13. The molecule has 43 heavy (non-hydrogen) atoms. The van der Waals surface area contributed by atoms with Crippen LogP contribution in [-0.4, -0.2) is 46.6 Å². The van der Waals surface area contributed by atoms with Gasteiger partial charge in [0.05, 0.1) is 6.04 Å². The van der Waals surface area contributed by atoms with E-state index in [0.29, 0.717) is 12.8 Å². The number of hydrogen-bond donors (Lipinski definition) is 5. The van der Waals surface area contributed by atoms with Gasteiger partial charge in [0.15, 0.2) is 0 Å². The molecule has 0 bridgehead atoms. The van der Waals surface area contributed by atoms with Crippen LogP contribution < -0.4 is 16.4 Å². The molecule has 8 heteroatoms. The number of nitrogens with one attached hydrogen (secondary N) is 2. The molecule has 2 unspecified atom stereocenters. The maximum atomic E-state index is 13.0. The number of hydrogen-bond acceptors (Lipinski definition) is 5. The Morgan fingerprint density at radius 3 is 1.79 bits per heavy atom. The molecule has 2 atom stereocenters. The molecule has 222 valence electrons. The number of amides is 2. The number of carboxylic acids is 1. The van der Waals surface area contributed by atoms with Gasteiger partial charge in [-0.05, 0) is 64.8 Å². The molecular weight excluding hydrogens is 542 g/mol. The Labute approximate surface area is 251 Å². The number of primary amides is 1. The molecule has 0 aliphatic rings. The average Bonchev–Trinajstić information content (AvgIpc) is 3.01. The van der Waals surface area contributed by atoms with E-state index < -0.39 is 17.9 Å². The summed E-state index contributed by atoms with van der Waals surface area (Å²) < 4.78 is 0. The van der Waals surface area contributed by atoms with Crippen LogP contribution in [0.2, 0.25) is 0 Å². The molecule has 0 heterocycles. The fraction of sp³-hybridized carbons (Fsp3) is 0.229. The van der Waals surface area contributed by atoms with Crippen molar-refractivity contribution in [1.29, 1.82) is 0 Å². The zero-order chi connectivity index (χ0) is 30.6. The minimum atomic E-state index is -1.02. The van der Waals surface area contributed by atoms with E-state index in [0.717, 1.165) is 27.8 Å². The summed E-state index contributed by atoms with van der Waals surface area (Å²) in [6, 6.07) is 32.3. The molecule has 6 N–H and O–H groups in total. The minimum Gasteiger partial charge on any atom is -0.508 e. The van der Waals surface area contributed by atoms with Gasteiger partial charge in [0.25, 0.3) is 0 Å². The number of aryl methyl sites for hydroxylation is 1. The SMILES string of the molecule is NC(=O)C(CCC(=O)O)NCC(Cc1ccc(O)cc1)NC(=O)CCc1ccc(-c2ccc(-c3ccccc3)cc2)cc1. The lowest BCUT2D eigenvalue weighted by Crippen LogP contribution is -2.49. The first-order valence-corrected chi connectivity index (χ1v) is 14.3. The highest BCUT2D eigenvalue weighted by Crippen LogP contribution is 2.25. The molecule has 4 aromatic rings. The molecule has 2 amide bonds. The lowest BCUT2D eigenvalue weighted by atomic mass is 9.99. The summed E-state index contributed by atoms with van der Waals surface area (Å²) in [4.78, 5) is 35.8. The fourth-order valence-electron chi connectivity index (χ4n) is 4.90. The normalized spacial score (nSPS) is 12.3. The molecule has 0 aromatic heterocycles. The standard InChI is InChI=1S/C35H37N3O5/c36-35(43)32(19-21-34(41)42)37-23-30(22-25-8-17-31(39)18-9-25)38-33(40)20-10-24-6-11-27(12-7-24)29-15-13-28(14-16-29)26-4-2-1-3-5-26/h1-9,11-18,30,32,37,39H,10,19-23H2,(H2,36,43)(H,38,40)(H,41,42). The van der Waals surface area contributed by atoms with Gasteiger partial charge in [-0.3, -0.25) is 14.4 Å². The lowest BCUT2D eigenvalue weighted by molar-refractivity contribution is -0.137. The van der Waals surface area contributed by atoms with Crippen LogP contribution in [0.5, 0.6) is 5.75 Å². The van der Waals surface area contributed by atoms with Gasteiger partial charge >= 0.3 is 5.97 Å². The zero-order valence-corrected chi connectivity index (χ0v) is 23.9. The largest absolute Gasteiger partial charge is 0.508 e. The average molecular weight is 580 g/mol. The second kappa shape index (κ2) is 15.3. The van der Waals surface area contributed by atoms with E-state index in [-0.39, 0.29) is 43.5 Å². The van der Waals surface area contributed by atoms with Crippen LogP contribution in [0.3, 0.4) is 0 Å². The van der Waals surface area contributed by atoms with Gasteiger partial charge in [-0.1, -0.05) is 91.0 Å². The predicted molar refractivity (Wildman–Crippen MR) is 167 cm³/mol. The molecule has 4 aromatic carbocycles. The van der Waals surface area contributed by atoms with Crippen molar-refractivity contribution >= 4 is 17.8 Å². The molecule has 0 spiro atoms. The van der Waals surface area contributed by atoms with E-state index in [1.165, 1.54) is 5.56 Å². The first kappa shape index (κ1) is 31.0. The quantitative estimate of drug-likeness (QED) is 0.138. The van der Waals surface area contributed by atoms with Crippen molar-refractivity contribution in [1.82, 2.24) is 10.6 Å². The predicted octanol–water partition coefficient (Wildman–Crippen LogP) is 4.69. The molecule has 0 aliphatic carbocycles. The number of benzene rings is 4. The number of phenols is 1. The smallest absolute Gasteiger partial charge is 0.303 e. The van der Waals surface area contributed by atoms with Gasteiger partial charge in [0.1, 0.15) is 5.75 Å². The molecule has 0 aliphatic heterocycles. The van der Waals surface area contributed by atoms with E-state index in [1.807, 2.05) is 30.3 Å². The highest BCUT2D eigenvalue weighted by molar-refractivity contribution is 5.80. The highest BCUT2D eigenvalue weighted by atomic mass is 16.4. The Hall–Kier alpha value is -4.95. The number of aliphatic carboxylic acids is 1. The molecule has 4 rings (SSSR count). The van der Waals surface area contributed by atoms with Crippen molar-refractivity contribution in [2.24, 2.45) is 5.73 Å². The number of carbonyl (C=O) groups excluding carboxylic acids is 2. The van der Waals surface area contributed by atoms with Crippen LogP contribution in [0.1, 0.15) is 30.4 Å². The van der Waals surface area contributed by atoms with Crippen LogP contribution in [-0.2, 0) is 27.2 Å². The maximum absolute atomic E-state index is 13.0. The zero-order valence-electron chi connectivity index (χ0n) is 23.9. The summed E-state index contributed by atoms with van der Waals surface area (Å²) in [6.45, 7) is 0.220. The summed E-state index contributed by atoms with van der Waals surface area (Å²) >= 11 is 0. The third kappa shape index (κ3) is 9.83. The molecule has 0 fully saturated rings. The highest BCUT2D eigenvalue weighted by Gasteiger charge is 2.20. The van der Waals surface area contributed by atoms with Gasteiger partial charge in [-0.2, -0.15) is 0 Å². The van der Waals surface area contributed by atoms with Crippen molar-refractivity contribution in [3.63, 3.8) is 0 Å². The Balaban J connectivity index is 1.33. The van der Waals surface area contributed by atoms with E-state index in [4.69, 9.17) is 10.8 Å². The molecular formula is C35H37N3O5.